The summed E-state index contributed by atoms with van der Waals surface area (Å²) in [6.07, 6.45) is 3.15. The zero-order valence-corrected chi connectivity index (χ0v) is 18.5. The summed E-state index contributed by atoms with van der Waals surface area (Å²) in [5.41, 5.74) is 1.10. The number of rotatable bonds is 7. The molecule has 0 unspecified atom stereocenters. The van der Waals surface area contributed by atoms with Crippen LogP contribution in [0.5, 0.6) is 5.75 Å². The maximum absolute atomic E-state index is 12.9. The predicted molar refractivity (Wildman–Crippen MR) is 120 cm³/mol. The average Bonchev–Trinajstić information content (AvgIpc) is 2.95. The third-order valence-corrected chi connectivity index (χ3v) is 5.22. The molecule has 1 aromatic heterocycles. The summed E-state index contributed by atoms with van der Waals surface area (Å²) < 4.78 is 8.66. The predicted octanol–water partition coefficient (Wildman–Crippen LogP) is 4.25. The standard InChI is InChI=1S/C22H25IN2O3/c1-4-11-28-20-10-9-16(23)12-18(20)21(26)24-22(2,27)13-15-14-25(3)19-8-6-5-7-17(15)19/h5-10,12,14,27H,4,11,13H2,1-3H3,(H,24,26)/t22-/m1/s1. The number of hydrogen-bond acceptors (Lipinski definition) is 3. The van der Waals surface area contributed by atoms with Gasteiger partial charge >= 0.3 is 0 Å². The maximum atomic E-state index is 12.9. The van der Waals surface area contributed by atoms with Crippen LogP contribution in [0.1, 0.15) is 36.2 Å². The summed E-state index contributed by atoms with van der Waals surface area (Å²) >= 11 is 2.16. The molecular weight excluding hydrogens is 467 g/mol. The van der Waals surface area contributed by atoms with Crippen LogP contribution >= 0.6 is 22.6 Å². The molecule has 1 amide bonds. The van der Waals surface area contributed by atoms with Gasteiger partial charge in [0.2, 0.25) is 0 Å². The number of halogens is 1. The van der Waals surface area contributed by atoms with Crippen LogP contribution in [-0.2, 0) is 13.5 Å². The third kappa shape index (κ3) is 4.67. The Labute approximate surface area is 178 Å². The minimum Gasteiger partial charge on any atom is -0.493 e. The fourth-order valence-corrected chi connectivity index (χ4v) is 3.80. The van der Waals surface area contributed by atoms with E-state index in [1.54, 1.807) is 19.1 Å². The molecular formula is C22H25IN2O3. The summed E-state index contributed by atoms with van der Waals surface area (Å²) in [7, 11) is 1.97. The third-order valence-electron chi connectivity index (χ3n) is 4.54. The van der Waals surface area contributed by atoms with Crippen molar-refractivity contribution in [3.8, 4) is 5.75 Å². The molecule has 2 aromatic carbocycles. The van der Waals surface area contributed by atoms with E-state index in [-0.39, 0.29) is 5.91 Å². The van der Waals surface area contributed by atoms with E-state index in [2.05, 4.69) is 27.9 Å². The number of ether oxygens (including phenoxy) is 1. The molecule has 3 aromatic rings. The summed E-state index contributed by atoms with van der Waals surface area (Å²) in [6, 6.07) is 13.5. The Bertz CT molecular complexity index is 995. The molecule has 5 nitrogen and oxygen atoms in total. The van der Waals surface area contributed by atoms with E-state index in [4.69, 9.17) is 4.74 Å². The normalized spacial score (nSPS) is 13.3. The minimum absolute atomic E-state index is 0.301. The molecule has 0 aliphatic heterocycles. The van der Waals surface area contributed by atoms with Crippen LogP contribution in [0.25, 0.3) is 10.9 Å². The van der Waals surface area contributed by atoms with Crippen LogP contribution in [-0.4, -0.2) is 27.9 Å². The first kappa shape index (κ1) is 20.7. The number of aliphatic hydroxyl groups is 1. The minimum atomic E-state index is -1.40. The average molecular weight is 492 g/mol. The van der Waals surface area contributed by atoms with E-state index in [1.165, 1.54) is 0 Å². The lowest BCUT2D eigenvalue weighted by Crippen LogP contribution is -2.47. The zero-order valence-electron chi connectivity index (χ0n) is 16.3. The van der Waals surface area contributed by atoms with Crippen molar-refractivity contribution in [2.45, 2.75) is 32.4 Å². The number of fused-ring (bicyclic) bond motifs is 1. The molecule has 148 valence electrons. The van der Waals surface area contributed by atoms with Crippen molar-refractivity contribution >= 4 is 39.4 Å². The second kappa shape index (κ2) is 8.53. The van der Waals surface area contributed by atoms with Gasteiger partial charge in [0.25, 0.3) is 5.91 Å². The van der Waals surface area contributed by atoms with E-state index in [9.17, 15) is 9.90 Å². The smallest absolute Gasteiger partial charge is 0.257 e. The Morgan fingerprint density at radius 3 is 2.79 bits per heavy atom. The Morgan fingerprint density at radius 2 is 2.04 bits per heavy atom. The Kier molecular flexibility index (Phi) is 6.30. The van der Waals surface area contributed by atoms with Gasteiger partial charge in [-0.1, -0.05) is 25.1 Å². The highest BCUT2D eigenvalue weighted by Crippen LogP contribution is 2.25. The highest BCUT2D eigenvalue weighted by Gasteiger charge is 2.27. The lowest BCUT2D eigenvalue weighted by molar-refractivity contribution is 0.0234. The number of benzene rings is 2. The van der Waals surface area contributed by atoms with Gasteiger partial charge in [-0.05, 0) is 65.8 Å². The molecule has 0 radical (unpaired) electrons. The SMILES string of the molecule is CCCOc1ccc(I)cc1C(=O)N[C@](C)(O)Cc1cn(C)c2ccccc12. The maximum Gasteiger partial charge on any atom is 0.257 e. The van der Waals surface area contributed by atoms with E-state index in [0.717, 1.165) is 26.5 Å². The molecule has 0 fully saturated rings. The van der Waals surface area contributed by atoms with Gasteiger partial charge in [-0.15, -0.1) is 0 Å². The zero-order chi connectivity index (χ0) is 20.3. The number of nitrogens with one attached hydrogen (secondary N) is 1. The molecule has 0 spiro atoms. The van der Waals surface area contributed by atoms with Crippen molar-refractivity contribution in [3.63, 3.8) is 0 Å². The lowest BCUT2D eigenvalue weighted by atomic mass is 10.0. The van der Waals surface area contributed by atoms with Crippen molar-refractivity contribution in [3.05, 3.63) is 63.4 Å². The van der Waals surface area contributed by atoms with E-state index in [0.29, 0.717) is 24.3 Å². The molecule has 1 heterocycles. The van der Waals surface area contributed by atoms with Gasteiger partial charge in [-0.3, -0.25) is 4.79 Å². The Hall–Kier alpha value is -2.06. The molecule has 6 heteroatoms. The number of para-hydroxylation sites is 1. The van der Waals surface area contributed by atoms with Gasteiger partial charge in [0.05, 0.1) is 12.2 Å². The first-order chi connectivity index (χ1) is 13.3. The van der Waals surface area contributed by atoms with Crippen molar-refractivity contribution in [2.24, 2.45) is 7.05 Å². The van der Waals surface area contributed by atoms with Crippen molar-refractivity contribution in [2.75, 3.05) is 6.61 Å². The summed E-state index contributed by atoms with van der Waals surface area (Å²) in [4.78, 5) is 12.9. The lowest BCUT2D eigenvalue weighted by Gasteiger charge is -2.25. The first-order valence-electron chi connectivity index (χ1n) is 9.31. The molecule has 0 saturated carbocycles. The number of amides is 1. The van der Waals surface area contributed by atoms with Gasteiger partial charge < -0.3 is 19.7 Å². The van der Waals surface area contributed by atoms with Crippen LogP contribution in [0, 0.1) is 3.57 Å². The van der Waals surface area contributed by atoms with Crippen LogP contribution in [0.2, 0.25) is 0 Å². The number of nitrogens with zero attached hydrogens (tertiary/aromatic N) is 1. The molecule has 0 aliphatic rings. The van der Waals surface area contributed by atoms with Crippen LogP contribution in [0.4, 0.5) is 0 Å². The van der Waals surface area contributed by atoms with Crippen molar-refractivity contribution in [1.82, 2.24) is 9.88 Å². The van der Waals surface area contributed by atoms with Gasteiger partial charge in [-0.25, -0.2) is 0 Å². The number of aryl methyl sites for hydroxylation is 1. The number of carbonyl (C=O) groups excluding carboxylic acids is 1. The van der Waals surface area contributed by atoms with Crippen LogP contribution < -0.4 is 10.1 Å². The first-order valence-corrected chi connectivity index (χ1v) is 10.4. The van der Waals surface area contributed by atoms with Crippen molar-refractivity contribution < 1.29 is 14.6 Å². The van der Waals surface area contributed by atoms with Gasteiger partial charge in [-0.2, -0.15) is 0 Å². The van der Waals surface area contributed by atoms with E-state index < -0.39 is 5.72 Å². The molecule has 2 N–H and O–H groups in total. The van der Waals surface area contributed by atoms with Gasteiger partial charge in [0, 0.05) is 34.1 Å². The highest BCUT2D eigenvalue weighted by molar-refractivity contribution is 14.1. The largest absolute Gasteiger partial charge is 0.493 e. The Morgan fingerprint density at radius 1 is 1.29 bits per heavy atom. The van der Waals surface area contributed by atoms with Crippen LogP contribution in [0.15, 0.2) is 48.7 Å². The molecule has 3 rings (SSSR count). The van der Waals surface area contributed by atoms with Gasteiger partial charge in [0.15, 0.2) is 0 Å². The van der Waals surface area contributed by atoms with Gasteiger partial charge in [0.1, 0.15) is 11.5 Å². The fourth-order valence-electron chi connectivity index (χ4n) is 3.31. The fraction of sp³-hybridized carbons (Fsp3) is 0.318. The molecule has 0 aliphatic carbocycles. The molecule has 28 heavy (non-hydrogen) atoms. The summed E-state index contributed by atoms with van der Waals surface area (Å²) in [5.74, 6) is 0.176. The molecule has 0 bridgehead atoms. The second-order valence-corrected chi connectivity index (χ2v) is 8.42. The number of aromatic nitrogens is 1. The van der Waals surface area contributed by atoms with Crippen molar-refractivity contribution in [1.29, 1.82) is 0 Å². The molecule has 1 atom stereocenters. The Balaban J connectivity index is 1.82. The molecule has 0 saturated heterocycles. The quantitative estimate of drug-likeness (QED) is 0.383. The second-order valence-electron chi connectivity index (χ2n) is 7.18. The van der Waals surface area contributed by atoms with E-state index >= 15 is 0 Å². The highest BCUT2D eigenvalue weighted by atomic mass is 127. The summed E-state index contributed by atoms with van der Waals surface area (Å²) in [6.45, 7) is 4.17. The topological polar surface area (TPSA) is 63.5 Å². The number of hydrogen-bond donors (Lipinski definition) is 2. The summed E-state index contributed by atoms with van der Waals surface area (Å²) in [5, 5.41) is 14.8. The van der Waals surface area contributed by atoms with E-state index in [1.807, 2.05) is 55.1 Å². The monoisotopic (exact) mass is 492 g/mol. The number of carbonyl (C=O) groups is 1. The van der Waals surface area contributed by atoms with Crippen LogP contribution in [0.3, 0.4) is 0 Å².